The highest BCUT2D eigenvalue weighted by Gasteiger charge is 2.63. The van der Waals surface area contributed by atoms with Crippen molar-refractivity contribution >= 4 is 233 Å². The number of rotatable bonds is 6. The number of alkyl halides is 12. The van der Waals surface area contributed by atoms with Gasteiger partial charge < -0.3 is 56.2 Å². The standard InChI is InChI=1S/C78H72B4O12.4CHCl3/c1-13-85-69-57-33-41-25-17-21-29-45(41)61(69)62-46-30-22-18-26-42(46)34-58(70(62)86-14-2)82-90-66-50-38-52-48(36-54(50)78(9,10)74(66)94-82)64-72(76(52,5)6)92-80(88-64)56-32-40-24-16-20-28-44(40)60(68(56)84-12)59-43-27-19-15-23-39(43)31-55(67(59)83-11)79-87-63-47-35-53-49(37-51(47)75(3,4)71(63)91-79)65-73(77(53,7)8)93-81(57)89-65;4*2-1(3)4/h15-38,63-66,71-74H,13-14H2,1-12H3;4*1H/t63-,64+,65-,66+,71-,72+,73-,74+;;;;. The second kappa shape index (κ2) is 31.4. The maximum atomic E-state index is 7.46. The lowest BCUT2D eigenvalue weighted by molar-refractivity contribution is 0.113. The minimum Gasteiger partial charge on any atom is -0.496 e. The summed E-state index contributed by atoms with van der Waals surface area (Å²) in [6, 6.07) is 52.3. The lowest BCUT2D eigenvalue weighted by Crippen LogP contribution is -2.39. The highest BCUT2D eigenvalue weighted by atomic mass is 35.6. The maximum absolute atomic E-state index is 7.46. The van der Waals surface area contributed by atoms with E-state index in [1.807, 2.05) is 13.8 Å². The summed E-state index contributed by atoms with van der Waals surface area (Å²) < 4.78 is 84.1. The summed E-state index contributed by atoms with van der Waals surface area (Å²) in [4.78, 5) is 0. The van der Waals surface area contributed by atoms with E-state index in [2.05, 4.69) is 201 Å². The third-order valence-corrected chi connectivity index (χ3v) is 23.2. The molecule has 21 aliphatic rings. The SMILES string of the molecule is CCOc1c2cc3ccccc3c1-c1c(OCC)c(cc3ccccc13)B1O[C@H]3c4cc5c(cc4C(C)(C)[C@H]3O1)[C@@H]1OB(O[C@@H]1C5(C)C)c1cc3ccccc3c(c1OC)-c1c(OC)c(cc3ccccc13)B1O[C@@H]3c4cc5c(cc4C(C)(C)[C@@H]3O1)[C@H]1OB2O[C@H]1C5(C)C.ClC(Cl)Cl.ClC(Cl)Cl.ClC(Cl)Cl.ClC(Cl)Cl. The van der Waals surface area contributed by atoms with Crippen LogP contribution in [0.3, 0.4) is 0 Å². The Labute approximate surface area is 702 Å². The molecule has 0 N–H and O–H groups in total. The van der Waals surface area contributed by atoms with Gasteiger partial charge in [-0.2, -0.15) is 0 Å². The van der Waals surface area contributed by atoms with Gasteiger partial charge in [0.2, 0.25) is 0 Å². The highest BCUT2D eigenvalue weighted by Crippen LogP contribution is 2.62. The van der Waals surface area contributed by atoms with Crippen molar-refractivity contribution < 1.29 is 56.2 Å². The fourth-order valence-electron chi connectivity index (χ4n) is 18.7. The largest absolute Gasteiger partial charge is 0.498 e. The second-order valence-corrected chi connectivity index (χ2v) is 38.5. The zero-order valence-electron chi connectivity index (χ0n) is 61.9. The quantitative estimate of drug-likeness (QED) is 0.117. The van der Waals surface area contributed by atoms with Gasteiger partial charge in [0.25, 0.3) is 0 Å². The van der Waals surface area contributed by atoms with Gasteiger partial charge >= 0.3 is 28.5 Å². The maximum Gasteiger partial charge on any atom is 0.498 e. The molecule has 31 rings (SSSR count). The Morgan fingerprint density at radius 3 is 0.718 bits per heavy atom. The molecule has 8 atom stereocenters. The summed E-state index contributed by atoms with van der Waals surface area (Å²) in [7, 11) is 0.361. The lowest BCUT2D eigenvalue weighted by Gasteiger charge is -2.29. The predicted molar refractivity (Wildman–Crippen MR) is 456 cm³/mol. The summed E-state index contributed by atoms with van der Waals surface area (Å²) in [6.45, 7) is 23.1. The van der Waals surface area contributed by atoms with E-state index in [0.29, 0.717) is 36.2 Å². The average Bonchev–Trinajstić information content (AvgIpc) is 1.51. The molecule has 4 saturated heterocycles. The number of halogens is 12. The lowest BCUT2D eigenvalue weighted by atomic mass is 9.72. The molecule has 17 heterocycles. The molecule has 28 bridgehead atoms. The normalized spacial score (nSPS) is 22.9. The zero-order valence-corrected chi connectivity index (χ0v) is 71.0. The molecule has 0 spiro atoms. The molecule has 12 nitrogen and oxygen atoms in total. The number of hydrogen-bond acceptors (Lipinski definition) is 12. The molecule has 10 aromatic rings. The molecular weight excluding hydrogens is 1650 g/mol. The molecule has 0 radical (unpaired) electrons. The van der Waals surface area contributed by atoms with Crippen LogP contribution in [0.5, 0.6) is 23.0 Å². The number of hydrogen-bond donors (Lipinski definition) is 0. The molecule has 0 unspecified atom stereocenters. The van der Waals surface area contributed by atoms with Crippen LogP contribution in [0.25, 0.3) is 65.3 Å². The monoisotopic (exact) mass is 1720 g/mol. The number of benzene rings is 10. The zero-order chi connectivity index (χ0) is 78.3. The van der Waals surface area contributed by atoms with Crippen molar-refractivity contribution in [2.75, 3.05) is 27.4 Å². The van der Waals surface area contributed by atoms with Crippen LogP contribution in [0.15, 0.2) is 146 Å². The third kappa shape index (κ3) is 13.8. The molecule has 0 amide bonds. The van der Waals surface area contributed by atoms with Crippen LogP contribution < -0.4 is 40.8 Å². The Bertz CT molecular complexity index is 4910. The minimum atomic E-state index is -0.784. The van der Waals surface area contributed by atoms with Gasteiger partial charge in [-0.3, -0.25) is 0 Å². The Balaban J connectivity index is 0.000000551. The van der Waals surface area contributed by atoms with Gasteiger partial charge in [-0.25, -0.2) is 0 Å². The Morgan fingerprint density at radius 1 is 0.309 bits per heavy atom. The molecule has 0 aromatic heterocycles. The fraction of sp³-hybridized carbons (Fsp3) is 0.366. The molecule has 17 aliphatic heterocycles. The summed E-state index contributed by atoms with van der Waals surface area (Å²) in [5.74, 6) is 2.65. The van der Waals surface area contributed by atoms with Crippen LogP contribution in [0.2, 0.25) is 0 Å². The van der Waals surface area contributed by atoms with Crippen molar-refractivity contribution in [3.63, 3.8) is 0 Å². The topological polar surface area (TPSA) is 111 Å². The molecule has 110 heavy (non-hydrogen) atoms. The van der Waals surface area contributed by atoms with Crippen LogP contribution in [-0.4, -0.2) is 97.5 Å². The second-order valence-electron chi connectivity index (χ2n) is 30.5. The van der Waals surface area contributed by atoms with E-state index in [4.69, 9.17) is 195 Å². The summed E-state index contributed by atoms with van der Waals surface area (Å²) >= 11 is 57.7. The van der Waals surface area contributed by atoms with Crippen LogP contribution in [0.1, 0.15) is 138 Å². The van der Waals surface area contributed by atoms with Gasteiger partial charge in [0.1, 0.15) is 23.0 Å². The molecule has 28 heteroatoms. The van der Waals surface area contributed by atoms with Gasteiger partial charge in [0, 0.05) is 65.8 Å². The van der Waals surface area contributed by atoms with Gasteiger partial charge in [-0.15, -0.1) is 0 Å². The molecule has 4 aliphatic carbocycles. The van der Waals surface area contributed by atoms with E-state index in [1.54, 1.807) is 14.2 Å². The van der Waals surface area contributed by atoms with Gasteiger partial charge in [-0.05, 0) is 101 Å². The number of fused-ring (bicyclic) bond motifs is 4. The van der Waals surface area contributed by atoms with Crippen molar-refractivity contribution in [1.82, 2.24) is 0 Å². The van der Waals surface area contributed by atoms with Gasteiger partial charge in [-0.1, -0.05) is 340 Å². The Morgan fingerprint density at radius 2 is 0.509 bits per heavy atom. The number of methoxy groups -OCH3 is 2. The van der Waals surface area contributed by atoms with E-state index >= 15 is 0 Å². The Kier molecular flexibility index (Phi) is 23.1. The first kappa shape index (κ1) is 81.0. The van der Waals surface area contributed by atoms with Gasteiger partial charge in [0.15, 0.2) is 17.2 Å². The van der Waals surface area contributed by atoms with Crippen molar-refractivity contribution in [3.8, 4) is 45.3 Å². The summed E-state index contributed by atoms with van der Waals surface area (Å²) in [6.07, 6.45) is -2.89. The van der Waals surface area contributed by atoms with E-state index in [0.717, 1.165) is 109 Å². The number of ether oxygens (including phenoxy) is 4. The Hall–Kier alpha value is -4.14. The summed E-state index contributed by atoms with van der Waals surface area (Å²) in [5, 5.41) is 8.06. The van der Waals surface area contributed by atoms with Crippen molar-refractivity contribution in [2.24, 2.45) is 0 Å². The minimum absolute atomic E-state index is 0.335. The first-order valence-electron chi connectivity index (χ1n) is 36.2. The average molecular weight is 1720 g/mol. The smallest absolute Gasteiger partial charge is 0.496 e. The van der Waals surface area contributed by atoms with Crippen LogP contribution in [0, 0.1) is 0 Å². The first-order chi connectivity index (χ1) is 52.4. The molecule has 0 saturated carbocycles. The van der Waals surface area contributed by atoms with E-state index < -0.39 is 67.3 Å². The van der Waals surface area contributed by atoms with E-state index in [9.17, 15) is 0 Å². The molecule has 10 aromatic carbocycles. The fourth-order valence-corrected chi connectivity index (χ4v) is 18.7. The van der Waals surface area contributed by atoms with E-state index in [1.165, 1.54) is 22.3 Å². The summed E-state index contributed by atoms with van der Waals surface area (Å²) in [5.41, 5.74) is 13.9. The van der Waals surface area contributed by atoms with Gasteiger partial charge in [0.05, 0.1) is 76.3 Å². The van der Waals surface area contributed by atoms with Crippen molar-refractivity contribution in [1.29, 1.82) is 0 Å². The third-order valence-electron chi connectivity index (χ3n) is 23.2. The first-order valence-corrected chi connectivity index (χ1v) is 41.5. The molecule has 4 fully saturated rings. The van der Waals surface area contributed by atoms with Crippen LogP contribution >= 0.6 is 139 Å². The van der Waals surface area contributed by atoms with E-state index in [-0.39, 0.29) is 48.8 Å². The molecule has 572 valence electrons. The van der Waals surface area contributed by atoms with Crippen LogP contribution in [-0.2, 0) is 58.9 Å². The van der Waals surface area contributed by atoms with Crippen LogP contribution in [0.4, 0.5) is 0 Å². The van der Waals surface area contributed by atoms with Crippen molar-refractivity contribution in [2.45, 2.75) is 157 Å². The van der Waals surface area contributed by atoms with Crippen molar-refractivity contribution in [3.05, 3.63) is 190 Å². The molecular formula is C82H76B4Cl12O12. The highest BCUT2D eigenvalue weighted by molar-refractivity contribution is 6.67. The predicted octanol–water partition coefficient (Wildman–Crippen LogP) is 21.3.